The molecule has 2 aromatic carbocycles. The van der Waals surface area contributed by atoms with Gasteiger partial charge in [0.1, 0.15) is 0 Å². The van der Waals surface area contributed by atoms with E-state index in [4.69, 9.17) is 4.52 Å². The third kappa shape index (κ3) is 6.42. The van der Waals surface area contributed by atoms with Gasteiger partial charge in [-0.15, -0.1) is 0 Å². The largest absolute Gasteiger partial charge is 0.338 e. The van der Waals surface area contributed by atoms with Crippen LogP contribution in [0.5, 0.6) is 0 Å². The number of nitrogens with zero attached hydrogens (tertiary/aromatic N) is 3. The Morgan fingerprint density at radius 3 is 2.50 bits per heavy atom. The molecule has 0 aliphatic heterocycles. The molecule has 0 aliphatic rings. The van der Waals surface area contributed by atoms with Crippen molar-refractivity contribution in [2.24, 2.45) is 0 Å². The normalized spacial score (nSPS) is 11.1. The number of anilines is 1. The van der Waals surface area contributed by atoms with Crippen LogP contribution in [0.25, 0.3) is 11.5 Å². The van der Waals surface area contributed by atoms with Gasteiger partial charge in [0.15, 0.2) is 5.82 Å². The minimum atomic E-state index is -0.214. The van der Waals surface area contributed by atoms with Gasteiger partial charge in [-0.1, -0.05) is 49.3 Å². The lowest BCUT2D eigenvalue weighted by Gasteiger charge is -2.16. The summed E-state index contributed by atoms with van der Waals surface area (Å²) in [6.07, 6.45) is 0.880. The van der Waals surface area contributed by atoms with Crippen LogP contribution in [0.15, 0.2) is 59.1 Å². The summed E-state index contributed by atoms with van der Waals surface area (Å²) in [5.74, 6) is 1.38. The quantitative estimate of drug-likeness (QED) is 0.510. The van der Waals surface area contributed by atoms with Crippen LogP contribution in [0.1, 0.15) is 37.6 Å². The number of urea groups is 1. The third-order valence-corrected chi connectivity index (χ3v) is 4.65. The van der Waals surface area contributed by atoms with Crippen LogP contribution in [0.3, 0.4) is 0 Å². The van der Waals surface area contributed by atoms with E-state index in [1.165, 1.54) is 5.56 Å². The number of rotatable bonds is 9. The van der Waals surface area contributed by atoms with Gasteiger partial charge in [0, 0.05) is 30.3 Å². The van der Waals surface area contributed by atoms with Crippen molar-refractivity contribution in [3.8, 4) is 11.5 Å². The molecule has 30 heavy (non-hydrogen) atoms. The second-order valence-corrected chi connectivity index (χ2v) is 7.65. The molecule has 7 heteroatoms. The Kier molecular flexibility index (Phi) is 7.57. The summed E-state index contributed by atoms with van der Waals surface area (Å²) in [4.78, 5) is 18.7. The van der Waals surface area contributed by atoms with Gasteiger partial charge in [-0.25, -0.2) is 4.79 Å². The van der Waals surface area contributed by atoms with E-state index in [-0.39, 0.29) is 11.9 Å². The lowest BCUT2D eigenvalue weighted by molar-refractivity contribution is 0.250. The fourth-order valence-corrected chi connectivity index (χ4v) is 2.98. The molecule has 0 spiro atoms. The molecule has 0 aliphatic carbocycles. The maximum absolute atomic E-state index is 12.1. The molecule has 2 N–H and O–H groups in total. The lowest BCUT2D eigenvalue weighted by Crippen LogP contribution is -2.31. The van der Waals surface area contributed by atoms with Crippen molar-refractivity contribution in [3.63, 3.8) is 0 Å². The van der Waals surface area contributed by atoms with Crippen LogP contribution in [-0.4, -0.2) is 41.2 Å². The van der Waals surface area contributed by atoms with Gasteiger partial charge in [-0.2, -0.15) is 4.98 Å². The zero-order chi connectivity index (χ0) is 21.3. The molecule has 158 valence electrons. The van der Waals surface area contributed by atoms with Crippen molar-refractivity contribution in [3.05, 3.63) is 66.0 Å². The molecule has 0 atom stereocenters. The Hall–Kier alpha value is -3.19. The van der Waals surface area contributed by atoms with Gasteiger partial charge >= 0.3 is 6.03 Å². The zero-order valence-corrected chi connectivity index (χ0v) is 17.8. The smallest absolute Gasteiger partial charge is 0.319 e. The van der Waals surface area contributed by atoms with E-state index in [9.17, 15) is 4.79 Å². The predicted octanol–water partition coefficient (Wildman–Crippen LogP) is 4.50. The van der Waals surface area contributed by atoms with Gasteiger partial charge in [-0.05, 0) is 49.8 Å². The van der Waals surface area contributed by atoms with Gasteiger partial charge in [0.25, 0.3) is 5.89 Å². The highest BCUT2D eigenvalue weighted by Gasteiger charge is 2.11. The zero-order valence-electron chi connectivity index (χ0n) is 17.8. The Morgan fingerprint density at radius 1 is 1.10 bits per heavy atom. The Morgan fingerprint density at radius 2 is 1.83 bits per heavy atom. The first kappa shape index (κ1) is 21.5. The fraction of sp³-hybridized carbons (Fsp3) is 0.348. The second-order valence-electron chi connectivity index (χ2n) is 7.65. The molecular formula is C23H29N5O2. The number of carbonyl (C=O) groups is 1. The number of hydrogen-bond acceptors (Lipinski definition) is 5. The summed E-state index contributed by atoms with van der Waals surface area (Å²) >= 11 is 0. The number of amides is 2. The van der Waals surface area contributed by atoms with Crippen LogP contribution in [0.4, 0.5) is 10.5 Å². The number of benzene rings is 2. The van der Waals surface area contributed by atoms with Crippen LogP contribution < -0.4 is 10.6 Å². The van der Waals surface area contributed by atoms with Crippen molar-refractivity contribution in [1.82, 2.24) is 20.4 Å². The Bertz CT molecular complexity index is 922. The van der Waals surface area contributed by atoms with Crippen molar-refractivity contribution < 1.29 is 9.32 Å². The van der Waals surface area contributed by atoms with E-state index in [2.05, 4.69) is 44.9 Å². The first-order valence-electron chi connectivity index (χ1n) is 10.2. The number of hydrogen-bond donors (Lipinski definition) is 2. The Balaban J connectivity index is 1.38. The van der Waals surface area contributed by atoms with Crippen molar-refractivity contribution in [2.75, 3.05) is 25.5 Å². The number of carbonyl (C=O) groups excluding carboxylic acids is 1. The molecule has 0 radical (unpaired) electrons. The van der Waals surface area contributed by atoms with Gasteiger partial charge in [-0.3, -0.25) is 0 Å². The molecule has 0 unspecified atom stereocenters. The molecule has 0 saturated heterocycles. The standard InChI is InChI=1S/C23H29N5O2/c1-17(2)21-26-22(30-27-21)19-10-12-20(13-11-19)25-23(29)24-14-7-15-28(3)16-18-8-5-4-6-9-18/h4-6,8-13,17H,7,14-16H2,1-3H3,(H2,24,25,29). The van der Waals surface area contributed by atoms with Crippen molar-refractivity contribution in [1.29, 1.82) is 0 Å². The molecule has 1 aromatic heterocycles. The van der Waals surface area contributed by atoms with E-state index < -0.39 is 0 Å². The second kappa shape index (κ2) is 10.5. The van der Waals surface area contributed by atoms with E-state index in [1.807, 2.05) is 56.3 Å². The summed E-state index contributed by atoms with van der Waals surface area (Å²) in [5.41, 5.74) is 2.82. The highest BCUT2D eigenvalue weighted by Crippen LogP contribution is 2.21. The van der Waals surface area contributed by atoms with E-state index in [0.29, 0.717) is 23.9 Å². The first-order valence-corrected chi connectivity index (χ1v) is 10.2. The SMILES string of the molecule is CC(C)c1noc(-c2ccc(NC(=O)NCCCN(C)Cc3ccccc3)cc2)n1. The average molecular weight is 408 g/mol. The monoisotopic (exact) mass is 407 g/mol. The predicted molar refractivity (Wildman–Crippen MR) is 118 cm³/mol. The summed E-state index contributed by atoms with van der Waals surface area (Å²) in [6.45, 7) is 6.46. The van der Waals surface area contributed by atoms with Gasteiger partial charge in [0.2, 0.25) is 0 Å². The molecule has 3 aromatic rings. The summed E-state index contributed by atoms with van der Waals surface area (Å²) in [5, 5.41) is 9.71. The summed E-state index contributed by atoms with van der Waals surface area (Å²) in [7, 11) is 2.09. The van der Waals surface area contributed by atoms with E-state index >= 15 is 0 Å². The minimum absolute atomic E-state index is 0.213. The van der Waals surface area contributed by atoms with Crippen LogP contribution in [0, 0.1) is 0 Å². The van der Waals surface area contributed by atoms with E-state index in [0.717, 1.165) is 25.1 Å². The molecule has 3 rings (SSSR count). The summed E-state index contributed by atoms with van der Waals surface area (Å²) < 4.78 is 5.29. The molecule has 7 nitrogen and oxygen atoms in total. The third-order valence-electron chi connectivity index (χ3n) is 4.65. The van der Waals surface area contributed by atoms with Gasteiger partial charge in [0.05, 0.1) is 0 Å². The maximum Gasteiger partial charge on any atom is 0.319 e. The van der Waals surface area contributed by atoms with E-state index in [1.54, 1.807) is 0 Å². The average Bonchev–Trinajstić information content (AvgIpc) is 3.23. The number of nitrogens with one attached hydrogen (secondary N) is 2. The van der Waals surface area contributed by atoms with Crippen molar-refractivity contribution in [2.45, 2.75) is 32.7 Å². The Labute approximate surface area is 177 Å². The molecule has 0 fully saturated rings. The van der Waals surface area contributed by atoms with Crippen LogP contribution in [-0.2, 0) is 6.54 Å². The number of aromatic nitrogens is 2. The molecular weight excluding hydrogens is 378 g/mol. The van der Waals surface area contributed by atoms with Crippen LogP contribution in [0.2, 0.25) is 0 Å². The van der Waals surface area contributed by atoms with Crippen molar-refractivity contribution >= 4 is 11.7 Å². The summed E-state index contributed by atoms with van der Waals surface area (Å²) in [6, 6.07) is 17.5. The molecule has 1 heterocycles. The lowest BCUT2D eigenvalue weighted by atomic mass is 10.2. The fourth-order valence-electron chi connectivity index (χ4n) is 2.98. The molecule has 2 amide bonds. The molecule has 0 saturated carbocycles. The molecule has 0 bridgehead atoms. The van der Waals surface area contributed by atoms with Gasteiger partial charge < -0.3 is 20.1 Å². The highest BCUT2D eigenvalue weighted by molar-refractivity contribution is 5.89. The van der Waals surface area contributed by atoms with Crippen LogP contribution >= 0.6 is 0 Å². The maximum atomic E-state index is 12.1. The highest BCUT2D eigenvalue weighted by atomic mass is 16.5. The first-order chi connectivity index (χ1) is 14.5. The topological polar surface area (TPSA) is 83.3 Å². The minimum Gasteiger partial charge on any atom is -0.338 e.